The number of ketones is 1. The van der Waals surface area contributed by atoms with Crippen molar-refractivity contribution in [1.29, 1.82) is 0 Å². The average molecular weight is 281 g/mol. The summed E-state index contributed by atoms with van der Waals surface area (Å²) in [5.41, 5.74) is 2.88. The second-order valence-corrected chi connectivity index (χ2v) is 4.96. The van der Waals surface area contributed by atoms with Gasteiger partial charge in [-0.1, -0.05) is 0 Å². The van der Waals surface area contributed by atoms with Crippen molar-refractivity contribution in [3.05, 3.63) is 66.2 Å². The molecule has 0 aliphatic heterocycles. The SMILES string of the molecule is COc1ccc(C(=O)C[n+]2ccn3cccc3c2C)cc1. The van der Waals surface area contributed by atoms with Crippen molar-refractivity contribution in [2.24, 2.45) is 0 Å². The van der Waals surface area contributed by atoms with Crippen LogP contribution < -0.4 is 9.30 Å². The molecule has 0 saturated heterocycles. The Labute approximate surface area is 123 Å². The van der Waals surface area contributed by atoms with E-state index in [1.807, 2.05) is 46.6 Å². The predicted molar refractivity (Wildman–Crippen MR) is 79.7 cm³/mol. The third-order valence-electron chi connectivity index (χ3n) is 3.71. The number of benzene rings is 1. The van der Waals surface area contributed by atoms with Crippen LogP contribution in [0, 0.1) is 6.92 Å². The molecule has 0 radical (unpaired) electrons. The first-order valence-electron chi connectivity index (χ1n) is 6.82. The molecule has 0 unspecified atom stereocenters. The zero-order valence-electron chi connectivity index (χ0n) is 12.1. The molecule has 0 aliphatic carbocycles. The van der Waals surface area contributed by atoms with Crippen molar-refractivity contribution in [1.82, 2.24) is 4.40 Å². The van der Waals surface area contributed by atoms with Crippen molar-refractivity contribution >= 4 is 11.3 Å². The highest BCUT2D eigenvalue weighted by molar-refractivity contribution is 5.95. The second kappa shape index (κ2) is 5.40. The summed E-state index contributed by atoms with van der Waals surface area (Å²) in [6.45, 7) is 2.36. The van der Waals surface area contributed by atoms with E-state index in [1.165, 1.54) is 0 Å². The van der Waals surface area contributed by atoms with Crippen LogP contribution in [0.3, 0.4) is 0 Å². The second-order valence-electron chi connectivity index (χ2n) is 4.96. The number of rotatable bonds is 4. The summed E-state index contributed by atoms with van der Waals surface area (Å²) in [5.74, 6) is 0.839. The van der Waals surface area contributed by atoms with Crippen LogP contribution in [0.15, 0.2) is 55.0 Å². The molecule has 21 heavy (non-hydrogen) atoms. The van der Waals surface area contributed by atoms with Gasteiger partial charge in [0.25, 0.3) is 0 Å². The number of Topliss-reactive ketones (excluding diaryl/α,β-unsaturated/α-hetero) is 1. The number of methoxy groups -OCH3 is 1. The van der Waals surface area contributed by atoms with Crippen LogP contribution in [0.25, 0.3) is 5.52 Å². The Balaban J connectivity index is 1.86. The van der Waals surface area contributed by atoms with Crippen LogP contribution in [0.5, 0.6) is 5.75 Å². The van der Waals surface area contributed by atoms with Crippen molar-refractivity contribution in [2.75, 3.05) is 7.11 Å². The molecule has 2 aromatic heterocycles. The highest BCUT2D eigenvalue weighted by Gasteiger charge is 2.16. The number of carbonyl (C=O) groups is 1. The van der Waals surface area contributed by atoms with E-state index < -0.39 is 0 Å². The standard InChI is InChI=1S/C17H17N2O2/c1-13-16-4-3-9-18(16)10-11-19(13)12-17(20)14-5-7-15(21-2)8-6-14/h3-11H,12H2,1-2H3/q+1. The molecule has 0 amide bonds. The minimum Gasteiger partial charge on any atom is -0.497 e. The molecule has 4 nitrogen and oxygen atoms in total. The van der Waals surface area contributed by atoms with E-state index >= 15 is 0 Å². The highest BCUT2D eigenvalue weighted by atomic mass is 16.5. The van der Waals surface area contributed by atoms with E-state index in [-0.39, 0.29) is 5.78 Å². The zero-order valence-corrected chi connectivity index (χ0v) is 12.1. The summed E-state index contributed by atoms with van der Waals surface area (Å²) in [6.07, 6.45) is 5.89. The maximum atomic E-state index is 12.4. The Morgan fingerprint density at radius 2 is 1.95 bits per heavy atom. The van der Waals surface area contributed by atoms with Gasteiger partial charge in [0, 0.05) is 18.7 Å². The predicted octanol–water partition coefficient (Wildman–Crippen LogP) is 2.43. The summed E-state index contributed by atoms with van der Waals surface area (Å²) in [7, 11) is 1.61. The van der Waals surface area contributed by atoms with Gasteiger partial charge in [0.2, 0.25) is 18.0 Å². The molecule has 3 aromatic rings. The number of ether oxygens (including phenoxy) is 1. The lowest BCUT2D eigenvalue weighted by atomic mass is 10.1. The normalized spacial score (nSPS) is 10.8. The first-order chi connectivity index (χ1) is 10.2. The zero-order chi connectivity index (χ0) is 14.8. The number of fused-ring (bicyclic) bond motifs is 1. The topological polar surface area (TPSA) is 34.6 Å². The van der Waals surface area contributed by atoms with Gasteiger partial charge in [-0.15, -0.1) is 0 Å². The molecule has 0 spiro atoms. The van der Waals surface area contributed by atoms with Crippen molar-refractivity contribution in [3.8, 4) is 5.75 Å². The van der Waals surface area contributed by atoms with E-state index in [1.54, 1.807) is 31.4 Å². The maximum Gasteiger partial charge on any atom is 0.227 e. The fourth-order valence-electron chi connectivity index (χ4n) is 2.44. The number of nitrogens with zero attached hydrogens (tertiary/aromatic N) is 2. The summed E-state index contributed by atoms with van der Waals surface area (Å²) >= 11 is 0. The Morgan fingerprint density at radius 3 is 2.67 bits per heavy atom. The van der Waals surface area contributed by atoms with Crippen molar-refractivity contribution in [2.45, 2.75) is 13.5 Å². The number of hydrogen-bond acceptors (Lipinski definition) is 2. The summed E-state index contributed by atoms with van der Waals surface area (Å²) in [5, 5.41) is 0. The third-order valence-corrected chi connectivity index (χ3v) is 3.71. The Morgan fingerprint density at radius 1 is 1.19 bits per heavy atom. The lowest BCUT2D eigenvalue weighted by Crippen LogP contribution is -2.41. The molecule has 2 heterocycles. The van der Waals surface area contributed by atoms with Gasteiger partial charge in [-0.3, -0.25) is 4.79 Å². The lowest BCUT2D eigenvalue weighted by molar-refractivity contribution is -0.688. The first kappa shape index (κ1) is 13.4. The molecule has 1 aromatic carbocycles. The van der Waals surface area contributed by atoms with Gasteiger partial charge in [0.05, 0.1) is 13.3 Å². The number of carbonyl (C=O) groups excluding carboxylic acids is 1. The van der Waals surface area contributed by atoms with Crippen LogP contribution in [-0.4, -0.2) is 17.3 Å². The Kier molecular flexibility index (Phi) is 3.44. The minimum atomic E-state index is 0.0849. The van der Waals surface area contributed by atoms with Crippen LogP contribution >= 0.6 is 0 Å². The third kappa shape index (κ3) is 2.52. The molecule has 106 valence electrons. The van der Waals surface area contributed by atoms with E-state index in [9.17, 15) is 4.79 Å². The van der Waals surface area contributed by atoms with Gasteiger partial charge in [-0.05, 0) is 36.4 Å². The molecule has 0 atom stereocenters. The van der Waals surface area contributed by atoms with Gasteiger partial charge in [-0.2, -0.15) is 4.57 Å². The van der Waals surface area contributed by atoms with E-state index in [0.717, 1.165) is 17.0 Å². The molecule has 0 aliphatic rings. The van der Waals surface area contributed by atoms with Crippen molar-refractivity contribution < 1.29 is 14.1 Å². The molecule has 0 saturated carbocycles. The van der Waals surface area contributed by atoms with E-state index in [4.69, 9.17) is 4.74 Å². The lowest BCUT2D eigenvalue weighted by Gasteiger charge is -2.04. The Bertz CT molecular complexity index is 788. The van der Waals surface area contributed by atoms with Gasteiger partial charge in [-0.25, -0.2) is 0 Å². The van der Waals surface area contributed by atoms with Crippen LogP contribution in [0.2, 0.25) is 0 Å². The number of aromatic nitrogens is 2. The average Bonchev–Trinajstić information content (AvgIpc) is 2.99. The maximum absolute atomic E-state index is 12.4. The van der Waals surface area contributed by atoms with Gasteiger partial charge in [0.1, 0.15) is 11.3 Å². The molecular weight excluding hydrogens is 264 g/mol. The molecular formula is C17H17N2O2+. The van der Waals surface area contributed by atoms with Gasteiger partial charge >= 0.3 is 0 Å². The van der Waals surface area contributed by atoms with Gasteiger partial charge in [0.15, 0.2) is 6.20 Å². The summed E-state index contributed by atoms with van der Waals surface area (Å²) in [6, 6.07) is 11.3. The summed E-state index contributed by atoms with van der Waals surface area (Å²) < 4.78 is 9.13. The molecule has 3 rings (SSSR count). The van der Waals surface area contributed by atoms with Gasteiger partial charge < -0.3 is 9.14 Å². The largest absolute Gasteiger partial charge is 0.497 e. The van der Waals surface area contributed by atoms with Crippen molar-refractivity contribution in [3.63, 3.8) is 0 Å². The van der Waals surface area contributed by atoms with Crippen LogP contribution in [-0.2, 0) is 6.54 Å². The van der Waals surface area contributed by atoms with E-state index in [0.29, 0.717) is 12.1 Å². The quantitative estimate of drug-likeness (QED) is 0.544. The highest BCUT2D eigenvalue weighted by Crippen LogP contribution is 2.12. The summed E-state index contributed by atoms with van der Waals surface area (Å²) in [4.78, 5) is 12.4. The fourth-order valence-corrected chi connectivity index (χ4v) is 2.44. The molecule has 0 N–H and O–H groups in total. The van der Waals surface area contributed by atoms with Crippen LogP contribution in [0.4, 0.5) is 0 Å². The van der Waals surface area contributed by atoms with Crippen LogP contribution in [0.1, 0.15) is 16.1 Å². The fraction of sp³-hybridized carbons (Fsp3) is 0.176. The molecule has 0 bridgehead atoms. The number of hydrogen-bond donors (Lipinski definition) is 0. The Hall–Kier alpha value is -2.62. The number of aryl methyl sites for hydroxylation is 1. The monoisotopic (exact) mass is 281 g/mol. The smallest absolute Gasteiger partial charge is 0.227 e. The minimum absolute atomic E-state index is 0.0849. The first-order valence-corrected chi connectivity index (χ1v) is 6.82. The van der Waals surface area contributed by atoms with E-state index in [2.05, 4.69) is 0 Å². The molecule has 0 fully saturated rings. The molecule has 4 heteroatoms.